The number of halogens is 4. The maximum atomic E-state index is 13.3. The molecule has 1 aromatic heterocycles. The summed E-state index contributed by atoms with van der Waals surface area (Å²) in [6, 6.07) is 5.47. The smallest absolute Gasteiger partial charge is 0.310 e. The third-order valence-corrected chi connectivity index (χ3v) is 3.15. The molecule has 1 aliphatic heterocycles. The van der Waals surface area contributed by atoms with Crippen LogP contribution in [0.3, 0.4) is 0 Å². The Hall–Kier alpha value is -2.42. The Morgan fingerprint density at radius 2 is 2.09 bits per heavy atom. The predicted molar refractivity (Wildman–Crippen MR) is 65.8 cm³/mol. The molecule has 0 amide bonds. The summed E-state index contributed by atoms with van der Waals surface area (Å²) < 4.78 is 50.2. The highest BCUT2D eigenvalue weighted by molar-refractivity contribution is 5.76. The molecule has 2 heterocycles. The Morgan fingerprint density at radius 1 is 1.32 bits per heavy atom. The number of alkyl halides is 3. The normalized spacial score (nSPS) is 14.0. The van der Waals surface area contributed by atoms with Crippen molar-refractivity contribution in [3.63, 3.8) is 0 Å². The van der Waals surface area contributed by atoms with Crippen LogP contribution in [0, 0.1) is 5.82 Å². The Kier molecular flexibility index (Phi) is 3.36. The van der Waals surface area contributed by atoms with Crippen LogP contribution in [0.1, 0.15) is 11.3 Å². The van der Waals surface area contributed by atoms with Gasteiger partial charge in [0.15, 0.2) is 0 Å². The number of aromatic nitrogens is 2. The Balaban J connectivity index is 2.01. The van der Waals surface area contributed by atoms with Crippen molar-refractivity contribution in [2.75, 3.05) is 0 Å². The third-order valence-electron chi connectivity index (χ3n) is 3.15. The van der Waals surface area contributed by atoms with E-state index in [9.17, 15) is 22.4 Å². The molecule has 0 bridgehead atoms. The van der Waals surface area contributed by atoms with Crippen LogP contribution in [0.4, 0.5) is 17.6 Å². The lowest BCUT2D eigenvalue weighted by atomic mass is 10.1. The molecule has 0 unspecified atom stereocenters. The average Bonchev–Trinajstić information content (AvgIpc) is 3.01. The molecule has 1 N–H and O–H groups in total. The summed E-state index contributed by atoms with van der Waals surface area (Å²) in [6.45, 7) is 0.535. The van der Waals surface area contributed by atoms with Gasteiger partial charge in [-0.05, 0) is 12.1 Å². The minimum Gasteiger partial charge on any atom is -0.310 e. The van der Waals surface area contributed by atoms with Crippen LogP contribution in [0.25, 0.3) is 11.3 Å². The largest absolute Gasteiger partial charge is 0.493 e. The zero-order chi connectivity index (χ0) is 15.9. The molecular formula is C13H9F4N3O2. The molecule has 0 fully saturated rings. The summed E-state index contributed by atoms with van der Waals surface area (Å²) in [7, 11) is 0. The topological polar surface area (TPSA) is 56.2 Å². The number of carbonyl (C=O) groups is 1. The van der Waals surface area contributed by atoms with Crippen LogP contribution in [0.5, 0.6) is 0 Å². The molecule has 9 heteroatoms. The lowest BCUT2D eigenvalue weighted by Gasteiger charge is -2.07. The first-order valence-corrected chi connectivity index (χ1v) is 6.23. The van der Waals surface area contributed by atoms with E-state index in [1.807, 2.05) is 0 Å². The van der Waals surface area contributed by atoms with E-state index >= 15 is 0 Å². The van der Waals surface area contributed by atoms with E-state index in [0.717, 1.165) is 0 Å². The van der Waals surface area contributed by atoms with Crippen molar-refractivity contribution in [3.8, 4) is 11.3 Å². The van der Waals surface area contributed by atoms with Gasteiger partial charge >= 0.3 is 12.1 Å². The monoisotopic (exact) mass is 315 g/mol. The molecule has 0 atom stereocenters. The summed E-state index contributed by atoms with van der Waals surface area (Å²) in [5.74, 6) is -2.87. The molecule has 1 aromatic carbocycles. The van der Waals surface area contributed by atoms with E-state index in [2.05, 4.69) is 15.3 Å². The van der Waals surface area contributed by atoms with Crippen molar-refractivity contribution >= 4 is 5.97 Å². The van der Waals surface area contributed by atoms with Crippen LogP contribution < -0.4 is 10.2 Å². The van der Waals surface area contributed by atoms with Gasteiger partial charge in [-0.25, -0.2) is 9.18 Å². The second-order valence-corrected chi connectivity index (χ2v) is 4.64. The van der Waals surface area contributed by atoms with E-state index in [1.54, 1.807) is 6.07 Å². The number of hydrogen-bond acceptors (Lipinski definition) is 4. The molecule has 5 nitrogen and oxygen atoms in total. The maximum absolute atomic E-state index is 13.3. The lowest BCUT2D eigenvalue weighted by Crippen LogP contribution is -2.34. The summed E-state index contributed by atoms with van der Waals surface area (Å²) in [6.07, 6.45) is -5.12. The maximum Gasteiger partial charge on any atom is 0.493 e. The van der Waals surface area contributed by atoms with Gasteiger partial charge in [0.2, 0.25) is 0 Å². The van der Waals surface area contributed by atoms with Gasteiger partial charge in [-0.1, -0.05) is 17.0 Å². The third kappa shape index (κ3) is 2.54. The fourth-order valence-electron chi connectivity index (χ4n) is 2.20. The number of rotatable bonds is 2. The van der Waals surface area contributed by atoms with E-state index in [0.29, 0.717) is 28.2 Å². The summed E-state index contributed by atoms with van der Waals surface area (Å²) in [5, 5.41) is 6.78. The lowest BCUT2D eigenvalue weighted by molar-refractivity contribution is -0.201. The molecular weight excluding hydrogens is 306 g/mol. The van der Waals surface area contributed by atoms with Crippen molar-refractivity contribution in [3.05, 3.63) is 41.3 Å². The van der Waals surface area contributed by atoms with Gasteiger partial charge in [0.1, 0.15) is 11.5 Å². The highest BCUT2D eigenvalue weighted by atomic mass is 19.4. The Labute approximate surface area is 121 Å². The van der Waals surface area contributed by atoms with Gasteiger partial charge in [-0.3, -0.25) is 0 Å². The number of fused-ring (bicyclic) bond motifs is 1. The summed E-state index contributed by atoms with van der Waals surface area (Å²) in [5.41, 5.74) is 1.54. The van der Waals surface area contributed by atoms with Crippen LogP contribution in [-0.4, -0.2) is 22.1 Å². The van der Waals surface area contributed by atoms with Crippen molar-refractivity contribution in [2.24, 2.45) is 0 Å². The fraction of sp³-hybridized carbons (Fsp3) is 0.231. The zero-order valence-corrected chi connectivity index (χ0v) is 10.9. The standard InChI is InChI=1S/C13H9F4N3O2/c14-8-3-1-2-7(4-8)11-9-5-18-6-10(9)20(19-11)22-12(21)13(15,16)17/h1-4,18H,5-6H2. The number of hydrogen-bond donors (Lipinski definition) is 1. The predicted octanol–water partition coefficient (Wildman–Crippen LogP) is 1.81. The first-order chi connectivity index (χ1) is 10.4. The van der Waals surface area contributed by atoms with Gasteiger partial charge in [-0.2, -0.15) is 13.2 Å². The second-order valence-electron chi connectivity index (χ2n) is 4.64. The van der Waals surface area contributed by atoms with Crippen LogP contribution in [0.2, 0.25) is 0 Å². The first kappa shape index (κ1) is 14.5. The Bertz CT molecular complexity index is 739. The van der Waals surface area contributed by atoms with Crippen molar-refractivity contribution in [2.45, 2.75) is 19.3 Å². The highest BCUT2D eigenvalue weighted by Gasteiger charge is 2.43. The van der Waals surface area contributed by atoms with Gasteiger partial charge in [-0.15, -0.1) is 5.10 Å². The first-order valence-electron chi connectivity index (χ1n) is 6.23. The average molecular weight is 315 g/mol. The molecule has 0 aliphatic carbocycles. The van der Waals surface area contributed by atoms with Crippen LogP contribution in [0.15, 0.2) is 24.3 Å². The minimum absolute atomic E-state index is 0.197. The summed E-state index contributed by atoms with van der Waals surface area (Å²) in [4.78, 5) is 15.8. The molecule has 116 valence electrons. The van der Waals surface area contributed by atoms with E-state index in [4.69, 9.17) is 0 Å². The van der Waals surface area contributed by atoms with Crippen molar-refractivity contribution in [1.82, 2.24) is 15.3 Å². The van der Waals surface area contributed by atoms with Crippen molar-refractivity contribution in [1.29, 1.82) is 0 Å². The fourth-order valence-corrected chi connectivity index (χ4v) is 2.20. The number of carbonyl (C=O) groups excluding carboxylic acids is 1. The highest BCUT2D eigenvalue weighted by Crippen LogP contribution is 2.29. The molecule has 3 rings (SSSR count). The summed E-state index contributed by atoms with van der Waals surface area (Å²) >= 11 is 0. The Morgan fingerprint density at radius 3 is 2.77 bits per heavy atom. The zero-order valence-electron chi connectivity index (χ0n) is 10.9. The quantitative estimate of drug-likeness (QED) is 0.859. The van der Waals surface area contributed by atoms with E-state index < -0.39 is 18.0 Å². The van der Waals surface area contributed by atoms with Gasteiger partial charge < -0.3 is 10.2 Å². The molecule has 0 saturated carbocycles. The molecule has 0 spiro atoms. The molecule has 2 aromatic rings. The van der Waals surface area contributed by atoms with E-state index in [-0.39, 0.29) is 12.2 Å². The van der Waals surface area contributed by atoms with Crippen molar-refractivity contribution < 1.29 is 27.2 Å². The molecule has 0 radical (unpaired) electrons. The van der Waals surface area contributed by atoms with Gasteiger partial charge in [0.25, 0.3) is 0 Å². The number of nitrogens with zero attached hydrogens (tertiary/aromatic N) is 2. The van der Waals surface area contributed by atoms with Gasteiger partial charge in [0.05, 0.1) is 5.69 Å². The minimum atomic E-state index is -5.12. The molecule has 22 heavy (non-hydrogen) atoms. The van der Waals surface area contributed by atoms with Gasteiger partial charge in [0, 0.05) is 24.2 Å². The SMILES string of the molecule is O=C(On1nc(-c2cccc(F)c2)c2c1CNC2)C(F)(F)F. The number of nitrogens with one attached hydrogen (secondary N) is 1. The molecule has 0 saturated heterocycles. The van der Waals surface area contributed by atoms with E-state index in [1.165, 1.54) is 18.2 Å². The number of benzene rings is 1. The van der Waals surface area contributed by atoms with Crippen LogP contribution in [-0.2, 0) is 17.9 Å². The molecule has 1 aliphatic rings. The van der Waals surface area contributed by atoms with Crippen LogP contribution >= 0.6 is 0 Å². The second kappa shape index (κ2) is 5.09.